The summed E-state index contributed by atoms with van der Waals surface area (Å²) in [6, 6.07) is 23.0. The topological polar surface area (TPSA) is 124 Å². The number of para-hydroxylation sites is 2. The van der Waals surface area contributed by atoms with Gasteiger partial charge in [-0.1, -0.05) is 66.7 Å². The van der Waals surface area contributed by atoms with E-state index in [-0.39, 0.29) is 43.8 Å². The lowest BCUT2D eigenvalue weighted by Gasteiger charge is -2.33. The number of hydrogen-bond acceptors (Lipinski definition) is 5. The molecule has 4 amide bonds. The molecule has 0 aliphatic carbocycles. The normalized spacial score (nSPS) is 15.5. The molecule has 44 heavy (non-hydrogen) atoms. The Morgan fingerprint density at radius 3 is 2.52 bits per heavy atom. The number of likely N-dealkylation sites (N-methyl/N-ethyl adjacent to an activating group) is 1. The van der Waals surface area contributed by atoms with E-state index in [1.54, 1.807) is 11.9 Å². The summed E-state index contributed by atoms with van der Waals surface area (Å²) < 4.78 is 5.74. The Balaban J connectivity index is 1.32. The van der Waals surface area contributed by atoms with Crippen LogP contribution in [0.1, 0.15) is 23.6 Å². The molecule has 2 heterocycles. The van der Waals surface area contributed by atoms with E-state index in [1.807, 2.05) is 92.0 Å². The summed E-state index contributed by atoms with van der Waals surface area (Å²) in [5.74, 6) is -0.795. The molecule has 0 spiro atoms. The Hall–Kier alpha value is -5.12. The number of hydrogen-bond donors (Lipinski definition) is 3. The van der Waals surface area contributed by atoms with Crippen LogP contribution in [-0.4, -0.2) is 77.2 Å². The zero-order valence-electron chi connectivity index (χ0n) is 24.9. The van der Waals surface area contributed by atoms with Gasteiger partial charge in [0.2, 0.25) is 23.6 Å². The molecule has 2 unspecified atom stereocenters. The van der Waals surface area contributed by atoms with E-state index in [4.69, 9.17) is 4.74 Å². The third kappa shape index (κ3) is 7.26. The van der Waals surface area contributed by atoms with Gasteiger partial charge in [-0.05, 0) is 30.2 Å². The number of amides is 4. The number of benzene rings is 3. The van der Waals surface area contributed by atoms with Crippen molar-refractivity contribution < 1.29 is 23.9 Å². The van der Waals surface area contributed by atoms with E-state index in [9.17, 15) is 19.2 Å². The predicted octanol–water partition coefficient (Wildman–Crippen LogP) is 2.82. The molecule has 1 aromatic heterocycles. The Morgan fingerprint density at radius 1 is 1.00 bits per heavy atom. The minimum atomic E-state index is -0.917. The number of nitrogens with zero attached hydrogens (tertiary/aromatic N) is 2. The lowest BCUT2D eigenvalue weighted by molar-refractivity contribution is -0.146. The zero-order valence-corrected chi connectivity index (χ0v) is 24.9. The van der Waals surface area contributed by atoms with Gasteiger partial charge in [-0.15, -0.1) is 0 Å². The van der Waals surface area contributed by atoms with Crippen LogP contribution < -0.4 is 15.4 Å². The second-order valence-electron chi connectivity index (χ2n) is 10.9. The van der Waals surface area contributed by atoms with Gasteiger partial charge in [-0.3, -0.25) is 19.2 Å². The Labute approximate surface area is 256 Å². The van der Waals surface area contributed by atoms with Crippen molar-refractivity contribution in [1.82, 2.24) is 25.4 Å². The first-order chi connectivity index (χ1) is 21.3. The molecule has 10 nitrogen and oxygen atoms in total. The molecule has 2 atom stereocenters. The summed E-state index contributed by atoms with van der Waals surface area (Å²) in [5.41, 5.74) is 3.54. The summed E-state index contributed by atoms with van der Waals surface area (Å²) >= 11 is 0. The average molecular weight is 596 g/mol. The van der Waals surface area contributed by atoms with E-state index >= 15 is 0 Å². The second-order valence-corrected chi connectivity index (χ2v) is 10.9. The molecule has 0 bridgehead atoms. The number of piperazine rings is 1. The van der Waals surface area contributed by atoms with Gasteiger partial charge >= 0.3 is 0 Å². The first-order valence-electron chi connectivity index (χ1n) is 14.7. The summed E-state index contributed by atoms with van der Waals surface area (Å²) in [5, 5.41) is 6.57. The van der Waals surface area contributed by atoms with Crippen molar-refractivity contribution in [3.8, 4) is 5.75 Å². The van der Waals surface area contributed by atoms with Gasteiger partial charge in [0, 0.05) is 49.1 Å². The Bertz CT molecular complexity index is 1640. The van der Waals surface area contributed by atoms with Crippen molar-refractivity contribution in [2.45, 2.75) is 38.4 Å². The molecule has 0 radical (unpaired) electrons. The molecule has 3 aromatic carbocycles. The monoisotopic (exact) mass is 595 g/mol. The van der Waals surface area contributed by atoms with E-state index in [0.717, 1.165) is 27.6 Å². The first kappa shape index (κ1) is 30.3. The van der Waals surface area contributed by atoms with Crippen LogP contribution >= 0.6 is 0 Å². The number of aromatic nitrogens is 1. The van der Waals surface area contributed by atoms with Crippen LogP contribution in [0.5, 0.6) is 5.75 Å². The molecule has 228 valence electrons. The van der Waals surface area contributed by atoms with Crippen molar-refractivity contribution in [3.63, 3.8) is 0 Å². The SMILES string of the molecule is CCOc1ccccc1CN(C)C(=O)C(Cc1c[nH]c2ccccc12)NC(=O)CN1CC(=O)NC(Cc2ccccc2)C1=O. The van der Waals surface area contributed by atoms with Gasteiger partial charge in [-0.25, -0.2) is 0 Å². The van der Waals surface area contributed by atoms with Crippen molar-refractivity contribution in [2.75, 3.05) is 26.7 Å². The Morgan fingerprint density at radius 2 is 1.73 bits per heavy atom. The van der Waals surface area contributed by atoms with Gasteiger partial charge in [0.25, 0.3) is 0 Å². The minimum Gasteiger partial charge on any atom is -0.494 e. The quantitative estimate of drug-likeness (QED) is 0.233. The lowest BCUT2D eigenvalue weighted by Crippen LogP contribution is -2.61. The number of fused-ring (bicyclic) bond motifs is 1. The fourth-order valence-electron chi connectivity index (χ4n) is 5.56. The van der Waals surface area contributed by atoms with Crippen molar-refractivity contribution >= 4 is 34.5 Å². The van der Waals surface area contributed by atoms with E-state index in [0.29, 0.717) is 18.8 Å². The molecule has 5 rings (SSSR count). The molecule has 10 heteroatoms. The largest absolute Gasteiger partial charge is 0.494 e. The van der Waals surface area contributed by atoms with E-state index in [2.05, 4.69) is 15.6 Å². The molecular weight excluding hydrogens is 558 g/mol. The summed E-state index contributed by atoms with van der Waals surface area (Å²) in [4.78, 5) is 59.1. The maximum absolute atomic E-state index is 13.9. The molecule has 1 fully saturated rings. The fourth-order valence-corrected chi connectivity index (χ4v) is 5.56. The van der Waals surface area contributed by atoms with Crippen LogP contribution in [0.15, 0.2) is 85.1 Å². The fraction of sp³-hybridized carbons (Fsp3) is 0.294. The van der Waals surface area contributed by atoms with E-state index < -0.39 is 18.0 Å². The smallest absolute Gasteiger partial charge is 0.246 e. The number of ether oxygens (including phenoxy) is 1. The van der Waals surface area contributed by atoms with Crippen molar-refractivity contribution in [1.29, 1.82) is 0 Å². The van der Waals surface area contributed by atoms with Crippen LogP contribution in [0.4, 0.5) is 0 Å². The lowest BCUT2D eigenvalue weighted by atomic mass is 10.0. The van der Waals surface area contributed by atoms with Gasteiger partial charge in [0.05, 0.1) is 6.61 Å². The van der Waals surface area contributed by atoms with E-state index in [1.165, 1.54) is 4.90 Å². The average Bonchev–Trinajstić information content (AvgIpc) is 3.43. The summed E-state index contributed by atoms with van der Waals surface area (Å²) in [6.07, 6.45) is 2.39. The highest BCUT2D eigenvalue weighted by molar-refractivity contribution is 5.98. The van der Waals surface area contributed by atoms with Gasteiger partial charge < -0.3 is 30.2 Å². The number of H-pyrrole nitrogens is 1. The number of aromatic amines is 1. The van der Waals surface area contributed by atoms with Crippen LogP contribution in [0.25, 0.3) is 10.9 Å². The molecule has 4 aromatic rings. The molecule has 1 aliphatic rings. The number of rotatable bonds is 12. The number of carbonyl (C=O) groups is 4. The highest BCUT2D eigenvalue weighted by Gasteiger charge is 2.35. The molecule has 0 saturated carbocycles. The summed E-state index contributed by atoms with van der Waals surface area (Å²) in [6.45, 7) is 2.10. The van der Waals surface area contributed by atoms with Crippen LogP contribution in [0, 0.1) is 0 Å². The standard InChI is InChI=1S/C34H37N5O5/c1-3-44-30-16-10-7-13-24(30)20-38(2)33(42)29(18-25-19-35-27-15-9-8-14-26(25)27)37-32(41)22-39-21-31(40)36-28(34(39)43)17-23-11-5-4-6-12-23/h4-16,19,28-29,35H,3,17-18,20-22H2,1-2H3,(H,36,40)(H,37,41). The maximum atomic E-state index is 13.9. The highest BCUT2D eigenvalue weighted by Crippen LogP contribution is 2.22. The van der Waals surface area contributed by atoms with Crippen LogP contribution in [-0.2, 0) is 38.6 Å². The molecule has 3 N–H and O–H groups in total. The van der Waals surface area contributed by atoms with Crippen LogP contribution in [0.3, 0.4) is 0 Å². The third-order valence-corrected chi connectivity index (χ3v) is 7.69. The van der Waals surface area contributed by atoms with Crippen molar-refractivity contribution in [2.24, 2.45) is 0 Å². The predicted molar refractivity (Wildman–Crippen MR) is 167 cm³/mol. The zero-order chi connectivity index (χ0) is 31.1. The van der Waals surface area contributed by atoms with Crippen LogP contribution in [0.2, 0.25) is 0 Å². The first-order valence-corrected chi connectivity index (χ1v) is 14.7. The van der Waals surface area contributed by atoms with Crippen molar-refractivity contribution in [3.05, 3.63) is 102 Å². The van der Waals surface area contributed by atoms with Gasteiger partial charge in [-0.2, -0.15) is 0 Å². The van der Waals surface area contributed by atoms with Gasteiger partial charge in [0.15, 0.2) is 0 Å². The Kier molecular flexibility index (Phi) is 9.59. The number of nitrogens with one attached hydrogen (secondary N) is 3. The number of carbonyl (C=O) groups excluding carboxylic acids is 4. The molecular formula is C34H37N5O5. The second kappa shape index (κ2) is 13.9. The molecule has 1 aliphatic heterocycles. The summed E-state index contributed by atoms with van der Waals surface area (Å²) in [7, 11) is 1.69. The maximum Gasteiger partial charge on any atom is 0.246 e. The third-order valence-electron chi connectivity index (χ3n) is 7.69. The highest BCUT2D eigenvalue weighted by atomic mass is 16.5. The van der Waals surface area contributed by atoms with Gasteiger partial charge in [0.1, 0.15) is 30.9 Å². The minimum absolute atomic E-state index is 0.229. The molecule has 1 saturated heterocycles.